The summed E-state index contributed by atoms with van der Waals surface area (Å²) in [5, 5.41) is 11.8. The van der Waals surface area contributed by atoms with E-state index >= 15 is 0 Å². The molecule has 0 unspecified atom stereocenters. The van der Waals surface area contributed by atoms with Crippen LogP contribution in [0.15, 0.2) is 35.4 Å². The van der Waals surface area contributed by atoms with Crippen molar-refractivity contribution in [3.63, 3.8) is 0 Å². The Morgan fingerprint density at radius 2 is 2.09 bits per heavy atom. The Morgan fingerprint density at radius 1 is 1.30 bits per heavy atom. The lowest BCUT2D eigenvalue weighted by Gasteiger charge is -2.27. The van der Waals surface area contributed by atoms with Gasteiger partial charge in [0.15, 0.2) is 5.82 Å². The summed E-state index contributed by atoms with van der Waals surface area (Å²) in [6.07, 6.45) is 4.90. The summed E-state index contributed by atoms with van der Waals surface area (Å²) >= 11 is 6.10. The van der Waals surface area contributed by atoms with Gasteiger partial charge in [0.1, 0.15) is 5.02 Å². The zero-order valence-electron chi connectivity index (χ0n) is 12.2. The highest BCUT2D eigenvalue weighted by Crippen LogP contribution is 2.27. The molecule has 1 aromatic heterocycles. The minimum absolute atomic E-state index is 0.0179. The Kier molecular flexibility index (Phi) is 4.38. The number of aromatic nitrogens is 2. The molecule has 1 aliphatic carbocycles. The minimum Gasteiger partial charge on any atom is -0.366 e. The lowest BCUT2D eigenvalue weighted by atomic mass is 9.93. The first kappa shape index (κ1) is 16.0. The van der Waals surface area contributed by atoms with Crippen molar-refractivity contribution in [2.75, 3.05) is 10.6 Å². The third-order valence-corrected chi connectivity index (χ3v) is 4.80. The van der Waals surface area contributed by atoms with Gasteiger partial charge in [-0.1, -0.05) is 17.7 Å². The number of nitrogens with zero attached hydrogens (tertiary/aromatic N) is 2. The van der Waals surface area contributed by atoms with Crippen LogP contribution >= 0.6 is 11.6 Å². The Hall–Kier alpha value is -1.90. The van der Waals surface area contributed by atoms with Gasteiger partial charge in [0.25, 0.3) is 0 Å². The summed E-state index contributed by atoms with van der Waals surface area (Å²) in [6, 6.07) is 6.53. The van der Waals surface area contributed by atoms with Crippen molar-refractivity contribution in [2.45, 2.75) is 30.2 Å². The van der Waals surface area contributed by atoms with Gasteiger partial charge in [-0.25, -0.2) is 18.5 Å². The first-order chi connectivity index (χ1) is 10.9. The van der Waals surface area contributed by atoms with E-state index in [1.165, 1.54) is 24.8 Å². The van der Waals surface area contributed by atoms with E-state index in [-0.39, 0.29) is 4.90 Å². The minimum atomic E-state index is -3.76. The van der Waals surface area contributed by atoms with Gasteiger partial charge >= 0.3 is 0 Å². The van der Waals surface area contributed by atoms with Crippen LogP contribution in [0, 0.1) is 0 Å². The van der Waals surface area contributed by atoms with Crippen LogP contribution < -0.4 is 15.8 Å². The molecule has 1 fully saturated rings. The molecule has 0 saturated heterocycles. The molecule has 0 bridgehead atoms. The highest BCUT2D eigenvalue weighted by molar-refractivity contribution is 7.89. The maximum absolute atomic E-state index is 11.4. The van der Waals surface area contributed by atoms with Crippen LogP contribution in [0.3, 0.4) is 0 Å². The summed E-state index contributed by atoms with van der Waals surface area (Å²) < 4.78 is 22.8. The van der Waals surface area contributed by atoms with Gasteiger partial charge in [0.05, 0.1) is 11.1 Å². The van der Waals surface area contributed by atoms with Crippen molar-refractivity contribution < 1.29 is 8.42 Å². The number of rotatable bonds is 5. The highest BCUT2D eigenvalue weighted by Gasteiger charge is 2.19. The molecule has 7 nitrogen and oxygen atoms in total. The predicted octanol–water partition coefficient (Wildman–Crippen LogP) is 2.49. The SMILES string of the molecule is NS(=O)(=O)c1cccc(Nc2ncc(Cl)c(NC3CCC3)n2)c1. The standard InChI is InChI=1S/C14H16ClN5O2S/c15-12-8-17-14(20-13(12)18-9-3-1-4-9)19-10-5-2-6-11(7-10)23(16,21)22/h2,5-9H,1,3-4H2,(H2,16,21,22)(H2,17,18,19,20). The van der Waals surface area contributed by atoms with Crippen molar-refractivity contribution in [1.29, 1.82) is 0 Å². The maximum Gasteiger partial charge on any atom is 0.238 e. The predicted molar refractivity (Wildman–Crippen MR) is 89.4 cm³/mol. The van der Waals surface area contributed by atoms with Crippen molar-refractivity contribution >= 4 is 39.1 Å². The summed E-state index contributed by atoms with van der Waals surface area (Å²) in [4.78, 5) is 8.46. The monoisotopic (exact) mass is 353 g/mol. The number of nitrogens with two attached hydrogens (primary N) is 1. The van der Waals surface area contributed by atoms with Crippen molar-refractivity contribution in [3.05, 3.63) is 35.5 Å². The van der Waals surface area contributed by atoms with Crippen LogP contribution in [-0.4, -0.2) is 24.4 Å². The Balaban J connectivity index is 1.81. The number of hydrogen-bond acceptors (Lipinski definition) is 6. The summed E-state index contributed by atoms with van der Waals surface area (Å²) in [5.74, 6) is 0.888. The quantitative estimate of drug-likeness (QED) is 0.761. The Morgan fingerprint density at radius 3 is 2.74 bits per heavy atom. The van der Waals surface area contributed by atoms with Crippen LogP contribution in [-0.2, 0) is 10.0 Å². The van der Waals surface area contributed by atoms with Crippen molar-refractivity contribution in [1.82, 2.24) is 9.97 Å². The zero-order valence-corrected chi connectivity index (χ0v) is 13.7. The second kappa shape index (κ2) is 6.31. The third kappa shape index (κ3) is 3.90. The molecule has 9 heteroatoms. The molecule has 1 heterocycles. The van der Waals surface area contributed by atoms with Gasteiger partial charge in [-0.2, -0.15) is 4.98 Å². The Labute approximate surface area is 139 Å². The molecule has 1 aliphatic rings. The van der Waals surface area contributed by atoms with E-state index in [0.29, 0.717) is 28.5 Å². The van der Waals surface area contributed by atoms with E-state index in [2.05, 4.69) is 20.6 Å². The first-order valence-corrected chi connectivity index (χ1v) is 9.03. The van der Waals surface area contributed by atoms with E-state index in [1.54, 1.807) is 12.1 Å². The highest BCUT2D eigenvalue weighted by atomic mass is 35.5. The molecule has 23 heavy (non-hydrogen) atoms. The van der Waals surface area contributed by atoms with Gasteiger partial charge in [0, 0.05) is 11.7 Å². The van der Waals surface area contributed by atoms with Crippen molar-refractivity contribution in [3.8, 4) is 0 Å². The fourth-order valence-electron chi connectivity index (χ4n) is 2.15. The smallest absolute Gasteiger partial charge is 0.238 e. The largest absolute Gasteiger partial charge is 0.366 e. The fraction of sp³-hybridized carbons (Fsp3) is 0.286. The number of primary sulfonamides is 1. The summed E-state index contributed by atoms with van der Waals surface area (Å²) in [7, 11) is -3.76. The number of benzene rings is 1. The van der Waals surface area contributed by atoms with Gasteiger partial charge in [-0.15, -0.1) is 0 Å². The van der Waals surface area contributed by atoms with E-state index in [0.717, 1.165) is 12.8 Å². The molecule has 0 aliphatic heterocycles. The van der Waals surface area contributed by atoms with Gasteiger partial charge in [-0.3, -0.25) is 0 Å². The molecular weight excluding hydrogens is 338 g/mol. The Bertz CT molecular complexity index is 824. The van der Waals surface area contributed by atoms with E-state index in [9.17, 15) is 8.42 Å². The molecule has 2 aromatic rings. The second-order valence-electron chi connectivity index (χ2n) is 5.36. The second-order valence-corrected chi connectivity index (χ2v) is 7.33. The summed E-state index contributed by atoms with van der Waals surface area (Å²) in [6.45, 7) is 0. The number of anilines is 3. The molecule has 1 saturated carbocycles. The average Bonchev–Trinajstić information content (AvgIpc) is 2.45. The van der Waals surface area contributed by atoms with Crippen LogP contribution in [0.5, 0.6) is 0 Å². The molecule has 3 rings (SSSR count). The third-order valence-electron chi connectivity index (χ3n) is 3.61. The van der Waals surface area contributed by atoms with E-state index < -0.39 is 10.0 Å². The number of nitrogens with one attached hydrogen (secondary N) is 2. The lowest BCUT2D eigenvalue weighted by molar-refractivity contribution is 0.444. The molecule has 0 spiro atoms. The topological polar surface area (TPSA) is 110 Å². The summed E-state index contributed by atoms with van der Waals surface area (Å²) in [5.41, 5.74) is 0.522. The van der Waals surface area contributed by atoms with E-state index in [1.807, 2.05) is 0 Å². The molecule has 1 aromatic carbocycles. The number of sulfonamides is 1. The van der Waals surface area contributed by atoms with Crippen LogP contribution in [0.25, 0.3) is 0 Å². The average molecular weight is 354 g/mol. The normalized spacial score (nSPS) is 15.0. The van der Waals surface area contributed by atoms with Gasteiger partial charge in [0.2, 0.25) is 16.0 Å². The molecule has 122 valence electrons. The van der Waals surface area contributed by atoms with Crippen molar-refractivity contribution in [2.24, 2.45) is 5.14 Å². The van der Waals surface area contributed by atoms with Crippen LogP contribution in [0.2, 0.25) is 5.02 Å². The molecule has 0 atom stereocenters. The van der Waals surface area contributed by atoms with Crippen LogP contribution in [0.4, 0.5) is 17.5 Å². The number of halogens is 1. The van der Waals surface area contributed by atoms with Gasteiger partial charge in [-0.05, 0) is 37.5 Å². The fourth-order valence-corrected chi connectivity index (χ4v) is 2.86. The zero-order chi connectivity index (χ0) is 16.4. The molecule has 4 N–H and O–H groups in total. The lowest BCUT2D eigenvalue weighted by Crippen LogP contribution is -2.27. The first-order valence-electron chi connectivity index (χ1n) is 7.11. The van der Waals surface area contributed by atoms with E-state index in [4.69, 9.17) is 16.7 Å². The molecule has 0 radical (unpaired) electrons. The van der Waals surface area contributed by atoms with Crippen LogP contribution in [0.1, 0.15) is 19.3 Å². The molecule has 0 amide bonds. The van der Waals surface area contributed by atoms with Gasteiger partial charge < -0.3 is 10.6 Å². The maximum atomic E-state index is 11.4. The molecular formula is C14H16ClN5O2S. The number of hydrogen-bond donors (Lipinski definition) is 3.